The maximum absolute atomic E-state index is 2.25. The molecule has 0 aromatic heterocycles. The van der Waals surface area contributed by atoms with Gasteiger partial charge in [-0.25, -0.2) is 0 Å². The molecular formula is C11H21N. The van der Waals surface area contributed by atoms with E-state index in [0.717, 1.165) is 13.0 Å². The predicted octanol–water partition coefficient (Wildman–Crippen LogP) is 2.85. The zero-order valence-electron chi connectivity index (χ0n) is 9.02. The minimum absolute atomic E-state index is 1.05. The quantitative estimate of drug-likeness (QED) is 0.582. The largest absolute Gasteiger partial charge is 0.305 e. The van der Waals surface area contributed by atoms with E-state index in [2.05, 4.69) is 51.9 Å². The summed E-state index contributed by atoms with van der Waals surface area (Å²) in [6.07, 6.45) is 5.63. The van der Waals surface area contributed by atoms with Gasteiger partial charge in [-0.15, -0.1) is 0 Å². The van der Waals surface area contributed by atoms with Crippen LogP contribution in [0.3, 0.4) is 0 Å². The van der Waals surface area contributed by atoms with Crippen LogP contribution in [0, 0.1) is 0 Å². The molecule has 0 saturated heterocycles. The molecular weight excluding hydrogens is 146 g/mol. The van der Waals surface area contributed by atoms with Gasteiger partial charge in [-0.3, -0.25) is 0 Å². The molecule has 0 N–H and O–H groups in total. The van der Waals surface area contributed by atoms with Gasteiger partial charge in [0.2, 0.25) is 0 Å². The van der Waals surface area contributed by atoms with E-state index in [9.17, 15) is 0 Å². The Balaban J connectivity index is 4.06. The average Bonchev–Trinajstić information content (AvgIpc) is 1.84. The van der Waals surface area contributed by atoms with Crippen LogP contribution in [0.4, 0.5) is 0 Å². The number of likely N-dealkylation sites (N-methyl/N-ethyl adjacent to an activating group) is 1. The lowest BCUT2D eigenvalue weighted by atomic mass is 10.1. The molecule has 12 heavy (non-hydrogen) atoms. The molecule has 0 aromatic rings. The van der Waals surface area contributed by atoms with Gasteiger partial charge in [0, 0.05) is 6.54 Å². The van der Waals surface area contributed by atoms with E-state index < -0.39 is 0 Å². The van der Waals surface area contributed by atoms with Crippen LogP contribution in [0.25, 0.3) is 0 Å². The Morgan fingerprint density at radius 1 is 1.25 bits per heavy atom. The number of hydrogen-bond donors (Lipinski definition) is 0. The molecule has 0 radical (unpaired) electrons. The van der Waals surface area contributed by atoms with E-state index in [1.54, 1.807) is 0 Å². The van der Waals surface area contributed by atoms with Crippen molar-refractivity contribution < 1.29 is 0 Å². The van der Waals surface area contributed by atoms with Crippen molar-refractivity contribution in [3.63, 3.8) is 0 Å². The summed E-state index contributed by atoms with van der Waals surface area (Å²) in [4.78, 5) is 2.19. The molecule has 0 aliphatic carbocycles. The van der Waals surface area contributed by atoms with Crippen molar-refractivity contribution in [1.82, 2.24) is 4.90 Å². The second-order valence-electron chi connectivity index (χ2n) is 3.58. The van der Waals surface area contributed by atoms with Crippen LogP contribution in [0.1, 0.15) is 27.2 Å². The number of allylic oxidation sites excluding steroid dienone is 3. The molecule has 0 atom stereocenters. The lowest BCUT2D eigenvalue weighted by Crippen LogP contribution is -2.13. The van der Waals surface area contributed by atoms with Crippen molar-refractivity contribution in [3.8, 4) is 0 Å². The fourth-order valence-electron chi connectivity index (χ4n) is 1.31. The van der Waals surface area contributed by atoms with Gasteiger partial charge < -0.3 is 4.90 Å². The molecule has 1 heteroatoms. The third kappa shape index (κ3) is 6.17. The summed E-state index contributed by atoms with van der Waals surface area (Å²) in [6, 6.07) is 0. The summed E-state index contributed by atoms with van der Waals surface area (Å²) in [7, 11) is 4.19. The highest BCUT2D eigenvalue weighted by molar-refractivity contribution is 5.21. The Kier molecular flexibility index (Phi) is 5.73. The molecule has 0 unspecified atom stereocenters. The molecule has 0 rings (SSSR count). The zero-order valence-corrected chi connectivity index (χ0v) is 9.02. The normalized spacial score (nSPS) is 14.2. The van der Waals surface area contributed by atoms with E-state index >= 15 is 0 Å². The van der Waals surface area contributed by atoms with Gasteiger partial charge in [0.05, 0.1) is 0 Å². The third-order valence-electron chi connectivity index (χ3n) is 1.57. The highest BCUT2D eigenvalue weighted by Crippen LogP contribution is 2.03. The van der Waals surface area contributed by atoms with Crippen LogP contribution < -0.4 is 0 Å². The van der Waals surface area contributed by atoms with Crippen LogP contribution in [0.15, 0.2) is 23.3 Å². The summed E-state index contributed by atoms with van der Waals surface area (Å²) in [5, 5.41) is 0. The van der Waals surface area contributed by atoms with Crippen LogP contribution >= 0.6 is 0 Å². The van der Waals surface area contributed by atoms with Crippen molar-refractivity contribution in [2.24, 2.45) is 0 Å². The molecule has 1 nitrogen and oxygen atoms in total. The minimum atomic E-state index is 1.05. The van der Waals surface area contributed by atoms with Gasteiger partial charge in [-0.05, 0) is 34.4 Å². The summed E-state index contributed by atoms with van der Waals surface area (Å²) < 4.78 is 0. The van der Waals surface area contributed by atoms with Gasteiger partial charge in [-0.2, -0.15) is 0 Å². The topological polar surface area (TPSA) is 3.24 Å². The van der Waals surface area contributed by atoms with Gasteiger partial charge in [0.1, 0.15) is 0 Å². The molecule has 0 aliphatic rings. The number of rotatable bonds is 4. The summed E-state index contributed by atoms with van der Waals surface area (Å²) in [6.45, 7) is 7.54. The summed E-state index contributed by atoms with van der Waals surface area (Å²) in [5.41, 5.74) is 2.79. The first-order valence-corrected chi connectivity index (χ1v) is 4.55. The molecule has 0 aliphatic heterocycles. The minimum Gasteiger partial charge on any atom is -0.305 e. The third-order valence-corrected chi connectivity index (χ3v) is 1.57. The molecule has 0 saturated carbocycles. The summed E-state index contributed by atoms with van der Waals surface area (Å²) >= 11 is 0. The fourth-order valence-corrected chi connectivity index (χ4v) is 1.31. The van der Waals surface area contributed by atoms with E-state index in [-0.39, 0.29) is 0 Å². The first-order valence-electron chi connectivity index (χ1n) is 4.55. The highest BCUT2D eigenvalue weighted by Gasteiger charge is 1.91. The van der Waals surface area contributed by atoms with E-state index in [0.29, 0.717) is 0 Å². The van der Waals surface area contributed by atoms with E-state index in [4.69, 9.17) is 0 Å². The zero-order chi connectivity index (χ0) is 9.56. The van der Waals surface area contributed by atoms with Gasteiger partial charge in [-0.1, -0.05) is 30.2 Å². The molecule has 0 bridgehead atoms. The summed E-state index contributed by atoms with van der Waals surface area (Å²) in [5.74, 6) is 0. The maximum Gasteiger partial charge on any atom is 0.0187 e. The predicted molar refractivity (Wildman–Crippen MR) is 56.4 cm³/mol. The maximum atomic E-state index is 2.25. The Morgan fingerprint density at radius 2 is 1.83 bits per heavy atom. The molecule has 0 fully saturated rings. The smallest absolute Gasteiger partial charge is 0.0187 e. The Labute approximate surface area is 76.8 Å². The SMILES string of the molecule is CC/C=C(C)/C=C(\C)CN(C)C. The monoisotopic (exact) mass is 167 g/mol. The Hall–Kier alpha value is -0.560. The van der Waals surface area contributed by atoms with E-state index in [1.165, 1.54) is 11.1 Å². The van der Waals surface area contributed by atoms with Crippen molar-refractivity contribution in [3.05, 3.63) is 23.3 Å². The molecule has 0 heterocycles. The molecule has 0 amide bonds. The van der Waals surface area contributed by atoms with Crippen molar-refractivity contribution in [2.75, 3.05) is 20.6 Å². The first-order chi connectivity index (χ1) is 5.56. The lowest BCUT2D eigenvalue weighted by Gasteiger charge is -2.09. The van der Waals surface area contributed by atoms with Crippen LogP contribution in [-0.2, 0) is 0 Å². The second kappa shape index (κ2) is 6.01. The second-order valence-corrected chi connectivity index (χ2v) is 3.58. The average molecular weight is 167 g/mol. The van der Waals surface area contributed by atoms with Crippen LogP contribution in [0.5, 0.6) is 0 Å². The fraction of sp³-hybridized carbons (Fsp3) is 0.636. The first kappa shape index (κ1) is 11.4. The van der Waals surface area contributed by atoms with Crippen molar-refractivity contribution in [2.45, 2.75) is 27.2 Å². The highest BCUT2D eigenvalue weighted by atomic mass is 15.0. The Morgan fingerprint density at radius 3 is 2.25 bits per heavy atom. The molecule has 0 aromatic carbocycles. The van der Waals surface area contributed by atoms with Crippen LogP contribution in [0.2, 0.25) is 0 Å². The molecule has 0 spiro atoms. The lowest BCUT2D eigenvalue weighted by molar-refractivity contribution is 0.445. The standard InChI is InChI=1S/C11H21N/c1-6-7-10(2)8-11(3)9-12(4)5/h7-8H,6,9H2,1-5H3/b10-7+,11-8+. The van der Waals surface area contributed by atoms with Gasteiger partial charge >= 0.3 is 0 Å². The van der Waals surface area contributed by atoms with Gasteiger partial charge in [0.25, 0.3) is 0 Å². The van der Waals surface area contributed by atoms with Crippen molar-refractivity contribution >= 4 is 0 Å². The van der Waals surface area contributed by atoms with Gasteiger partial charge in [0.15, 0.2) is 0 Å². The van der Waals surface area contributed by atoms with Crippen molar-refractivity contribution in [1.29, 1.82) is 0 Å². The molecule has 70 valence electrons. The Bertz CT molecular complexity index is 175. The number of nitrogens with zero attached hydrogens (tertiary/aromatic N) is 1. The van der Waals surface area contributed by atoms with E-state index in [1.807, 2.05) is 0 Å². The number of hydrogen-bond acceptors (Lipinski definition) is 1. The van der Waals surface area contributed by atoms with Crippen LogP contribution in [-0.4, -0.2) is 25.5 Å².